The summed E-state index contributed by atoms with van der Waals surface area (Å²) in [5.74, 6) is -0.0440. The van der Waals surface area contributed by atoms with Gasteiger partial charge in [0.05, 0.1) is 0 Å². The topological polar surface area (TPSA) is 58.2 Å². The van der Waals surface area contributed by atoms with Crippen molar-refractivity contribution in [3.8, 4) is 0 Å². The van der Waals surface area contributed by atoms with Crippen LogP contribution < -0.4 is 10.6 Å². The molecule has 1 aromatic carbocycles. The number of benzene rings is 1. The molecule has 0 spiro atoms. The minimum Gasteiger partial charge on any atom is -0.326 e. The number of hydrogen-bond donors (Lipinski definition) is 2. The second-order valence-corrected chi connectivity index (χ2v) is 5.18. The average Bonchev–Trinajstić information content (AvgIpc) is 2.45. The Morgan fingerprint density at radius 3 is 1.70 bits per heavy atom. The maximum absolute atomic E-state index is 11.8. The van der Waals surface area contributed by atoms with Crippen molar-refractivity contribution in [1.29, 1.82) is 0 Å². The molecule has 0 bridgehead atoms. The molecule has 0 radical (unpaired) electrons. The number of amides is 2. The van der Waals surface area contributed by atoms with Crippen molar-refractivity contribution in [2.75, 3.05) is 10.6 Å². The van der Waals surface area contributed by atoms with Gasteiger partial charge in [0, 0.05) is 23.2 Å². The molecule has 2 N–H and O–H groups in total. The first-order chi connectivity index (χ1) is 9.47. The van der Waals surface area contributed by atoms with Crippen LogP contribution in [-0.2, 0) is 9.59 Å². The highest BCUT2D eigenvalue weighted by atomic mass is 16.2. The summed E-state index contributed by atoms with van der Waals surface area (Å²) in [7, 11) is 0. The number of carbonyl (C=O) groups excluding carboxylic acids is 2. The van der Waals surface area contributed by atoms with Crippen LogP contribution in [0.4, 0.5) is 11.4 Å². The molecule has 4 nitrogen and oxygen atoms in total. The van der Waals surface area contributed by atoms with E-state index >= 15 is 0 Å². The van der Waals surface area contributed by atoms with Gasteiger partial charge in [-0.3, -0.25) is 9.59 Å². The summed E-state index contributed by atoms with van der Waals surface area (Å²) in [6.45, 7) is 7.74. The second-order valence-electron chi connectivity index (χ2n) is 5.18. The molecule has 0 saturated carbocycles. The molecule has 0 fully saturated rings. The third-order valence-electron chi connectivity index (χ3n) is 3.52. The van der Waals surface area contributed by atoms with Crippen LogP contribution >= 0.6 is 0 Å². The molecular formula is C16H24N2O2. The Hall–Kier alpha value is -1.84. The fourth-order valence-electron chi connectivity index (χ4n) is 1.58. The van der Waals surface area contributed by atoms with Crippen molar-refractivity contribution in [3.05, 3.63) is 24.3 Å². The van der Waals surface area contributed by atoms with Crippen molar-refractivity contribution >= 4 is 23.2 Å². The normalized spacial score (nSPS) is 13.4. The zero-order chi connectivity index (χ0) is 15.1. The summed E-state index contributed by atoms with van der Waals surface area (Å²) in [6.07, 6.45) is 1.60. The second kappa shape index (κ2) is 7.68. The highest BCUT2D eigenvalue weighted by molar-refractivity contribution is 5.95. The number of anilines is 2. The molecule has 0 heterocycles. The fourth-order valence-corrected chi connectivity index (χ4v) is 1.58. The predicted molar refractivity (Wildman–Crippen MR) is 82.6 cm³/mol. The number of carbonyl (C=O) groups is 2. The van der Waals surface area contributed by atoms with Crippen LogP contribution in [0.25, 0.3) is 0 Å². The Labute approximate surface area is 121 Å². The first kappa shape index (κ1) is 16.2. The molecule has 110 valence electrons. The molecule has 2 amide bonds. The molecule has 0 aliphatic heterocycles. The number of rotatable bonds is 6. The van der Waals surface area contributed by atoms with Crippen molar-refractivity contribution in [1.82, 2.24) is 0 Å². The predicted octanol–water partition coefficient (Wildman–Crippen LogP) is 3.66. The minimum absolute atomic E-state index is 0.00194. The van der Waals surface area contributed by atoms with Gasteiger partial charge in [-0.25, -0.2) is 0 Å². The molecule has 1 rings (SSSR count). The zero-order valence-corrected chi connectivity index (χ0v) is 12.7. The van der Waals surface area contributed by atoms with Gasteiger partial charge in [0.25, 0.3) is 0 Å². The summed E-state index contributed by atoms with van der Waals surface area (Å²) in [4.78, 5) is 23.7. The van der Waals surface area contributed by atoms with E-state index in [-0.39, 0.29) is 23.7 Å². The minimum atomic E-state index is -0.0200. The fraction of sp³-hybridized carbons (Fsp3) is 0.500. The lowest BCUT2D eigenvalue weighted by atomic mass is 10.1. The first-order valence-corrected chi connectivity index (χ1v) is 7.19. The lowest BCUT2D eigenvalue weighted by molar-refractivity contribution is -0.120. The third-order valence-corrected chi connectivity index (χ3v) is 3.52. The van der Waals surface area contributed by atoms with Crippen molar-refractivity contribution in [2.24, 2.45) is 11.8 Å². The molecule has 2 atom stereocenters. The lowest BCUT2D eigenvalue weighted by Crippen LogP contribution is -2.21. The van der Waals surface area contributed by atoms with E-state index in [4.69, 9.17) is 0 Å². The van der Waals surface area contributed by atoms with Gasteiger partial charge in [-0.15, -0.1) is 0 Å². The van der Waals surface area contributed by atoms with Gasteiger partial charge in [-0.1, -0.05) is 33.8 Å². The monoisotopic (exact) mass is 276 g/mol. The molecule has 1 aromatic rings. The molecule has 0 aliphatic rings. The maximum atomic E-state index is 11.8. The lowest BCUT2D eigenvalue weighted by Gasteiger charge is -2.13. The smallest absolute Gasteiger partial charge is 0.227 e. The van der Waals surface area contributed by atoms with E-state index < -0.39 is 0 Å². The van der Waals surface area contributed by atoms with Gasteiger partial charge >= 0.3 is 0 Å². The van der Waals surface area contributed by atoms with Gasteiger partial charge in [-0.05, 0) is 31.0 Å². The van der Waals surface area contributed by atoms with Crippen LogP contribution in [0, 0.1) is 11.8 Å². The van der Waals surface area contributed by atoms with Crippen molar-refractivity contribution in [2.45, 2.75) is 40.5 Å². The largest absolute Gasteiger partial charge is 0.326 e. The molecular weight excluding hydrogens is 252 g/mol. The summed E-state index contributed by atoms with van der Waals surface area (Å²) in [5.41, 5.74) is 1.41. The van der Waals surface area contributed by atoms with E-state index in [1.165, 1.54) is 0 Å². The zero-order valence-electron chi connectivity index (χ0n) is 12.7. The molecule has 2 unspecified atom stereocenters. The van der Waals surface area contributed by atoms with Crippen LogP contribution in [0.2, 0.25) is 0 Å². The summed E-state index contributed by atoms with van der Waals surface area (Å²) in [5, 5.41) is 5.72. The van der Waals surface area contributed by atoms with Crippen LogP contribution in [0.3, 0.4) is 0 Å². The highest BCUT2D eigenvalue weighted by Crippen LogP contribution is 2.17. The van der Waals surface area contributed by atoms with E-state index in [0.717, 1.165) is 12.8 Å². The number of nitrogens with one attached hydrogen (secondary N) is 2. The quantitative estimate of drug-likeness (QED) is 0.833. The Bertz CT molecular complexity index is 432. The Balaban J connectivity index is 2.71. The summed E-state index contributed by atoms with van der Waals surface area (Å²) in [6, 6.07) is 7.23. The highest BCUT2D eigenvalue weighted by Gasteiger charge is 2.12. The third kappa shape index (κ3) is 4.68. The molecule has 20 heavy (non-hydrogen) atoms. The molecule has 4 heteroatoms. The summed E-state index contributed by atoms with van der Waals surface area (Å²) < 4.78 is 0. The van der Waals surface area contributed by atoms with Crippen LogP contribution in [0.15, 0.2) is 24.3 Å². The molecule has 0 saturated heterocycles. The Kier molecular flexibility index (Phi) is 6.22. The van der Waals surface area contributed by atoms with E-state index in [9.17, 15) is 9.59 Å². The Morgan fingerprint density at radius 1 is 0.950 bits per heavy atom. The van der Waals surface area contributed by atoms with Crippen molar-refractivity contribution < 1.29 is 9.59 Å². The van der Waals surface area contributed by atoms with Gasteiger partial charge in [-0.2, -0.15) is 0 Å². The van der Waals surface area contributed by atoms with Crippen LogP contribution in [-0.4, -0.2) is 11.8 Å². The van der Waals surface area contributed by atoms with E-state index in [2.05, 4.69) is 10.6 Å². The first-order valence-electron chi connectivity index (χ1n) is 7.19. The van der Waals surface area contributed by atoms with E-state index in [1.54, 1.807) is 6.07 Å². The van der Waals surface area contributed by atoms with Crippen LogP contribution in [0.1, 0.15) is 40.5 Å². The standard InChI is InChI=1S/C16H24N2O2/c1-5-11(3)15(19)17-13-8-7-9-14(10-13)18-16(20)12(4)6-2/h7-12H,5-6H2,1-4H3,(H,17,19)(H,18,20). The summed E-state index contributed by atoms with van der Waals surface area (Å²) >= 11 is 0. The van der Waals surface area contributed by atoms with Gasteiger partial charge in [0.1, 0.15) is 0 Å². The average molecular weight is 276 g/mol. The van der Waals surface area contributed by atoms with Gasteiger partial charge in [0.15, 0.2) is 0 Å². The van der Waals surface area contributed by atoms with E-state index in [0.29, 0.717) is 11.4 Å². The van der Waals surface area contributed by atoms with Gasteiger partial charge in [0.2, 0.25) is 11.8 Å². The van der Waals surface area contributed by atoms with Crippen molar-refractivity contribution in [3.63, 3.8) is 0 Å². The number of hydrogen-bond acceptors (Lipinski definition) is 2. The van der Waals surface area contributed by atoms with Crippen LogP contribution in [0.5, 0.6) is 0 Å². The van der Waals surface area contributed by atoms with E-state index in [1.807, 2.05) is 45.9 Å². The Morgan fingerprint density at radius 2 is 1.35 bits per heavy atom. The molecule has 0 aromatic heterocycles. The maximum Gasteiger partial charge on any atom is 0.227 e. The SMILES string of the molecule is CCC(C)C(=O)Nc1cccc(NC(=O)C(C)CC)c1. The molecule has 0 aliphatic carbocycles. The van der Waals surface area contributed by atoms with Gasteiger partial charge < -0.3 is 10.6 Å².